The number of halogens is 1. The van der Waals surface area contributed by atoms with Crippen LogP contribution >= 0.6 is 0 Å². The van der Waals surface area contributed by atoms with Gasteiger partial charge in [0.05, 0.1) is 5.56 Å². The van der Waals surface area contributed by atoms with Crippen molar-refractivity contribution in [2.75, 3.05) is 6.61 Å². The highest BCUT2D eigenvalue weighted by molar-refractivity contribution is 5.88. The Bertz CT molecular complexity index is 1200. The number of pyridine rings is 1. The van der Waals surface area contributed by atoms with Gasteiger partial charge in [-0.05, 0) is 12.1 Å². The molecule has 182 valence electrons. The van der Waals surface area contributed by atoms with E-state index in [0.29, 0.717) is 9.13 Å². The lowest BCUT2D eigenvalue weighted by Gasteiger charge is -2.25. The summed E-state index contributed by atoms with van der Waals surface area (Å²) in [4.78, 5) is 64.2. The van der Waals surface area contributed by atoms with Crippen molar-refractivity contribution in [3.05, 3.63) is 63.2 Å². The maximum absolute atomic E-state index is 15.3. The third-order valence-electron chi connectivity index (χ3n) is 4.72. The lowest BCUT2D eigenvalue weighted by Crippen LogP contribution is -2.47. The minimum atomic E-state index is -3.04. The van der Waals surface area contributed by atoms with Crippen molar-refractivity contribution in [1.29, 1.82) is 0 Å². The lowest BCUT2D eigenvalue weighted by molar-refractivity contribution is -0.217. The molecule has 4 atom stereocenters. The first kappa shape index (κ1) is 24.7. The summed E-state index contributed by atoms with van der Waals surface area (Å²) in [6, 6.07) is 3.78. The molecule has 0 unspecified atom stereocenters. The summed E-state index contributed by atoms with van der Waals surface area (Å²) in [5.74, 6) is -5.81. The molecule has 1 aliphatic heterocycles. The van der Waals surface area contributed by atoms with Gasteiger partial charge in [-0.1, -0.05) is 0 Å². The SMILES string of the molecule is CC(=O)O[C@H]1[C@H](n2ccc(=O)n(COC(=O)c3cccnc3)c2=O)O[C@](F)(CO)[C@H]1OC(C)=O. The molecule has 1 aliphatic rings. The van der Waals surface area contributed by atoms with Gasteiger partial charge in [-0.2, -0.15) is 0 Å². The van der Waals surface area contributed by atoms with E-state index in [9.17, 15) is 29.1 Å². The normalized spacial score (nSPS) is 23.8. The van der Waals surface area contributed by atoms with E-state index in [1.807, 2.05) is 0 Å². The van der Waals surface area contributed by atoms with Crippen LogP contribution in [0.1, 0.15) is 30.4 Å². The van der Waals surface area contributed by atoms with Gasteiger partial charge in [-0.3, -0.25) is 23.9 Å². The van der Waals surface area contributed by atoms with Crippen molar-refractivity contribution in [3.8, 4) is 0 Å². The fraction of sp³-hybridized carbons (Fsp3) is 0.400. The van der Waals surface area contributed by atoms with Crippen LogP contribution in [0.15, 0.2) is 46.4 Å². The van der Waals surface area contributed by atoms with Crippen LogP contribution in [-0.2, 0) is 35.3 Å². The van der Waals surface area contributed by atoms with E-state index in [0.717, 1.165) is 26.1 Å². The Morgan fingerprint density at radius 1 is 1.21 bits per heavy atom. The molecular formula is C20H20FN3O10. The molecule has 34 heavy (non-hydrogen) atoms. The molecule has 1 fully saturated rings. The number of nitrogens with zero attached hydrogens (tertiary/aromatic N) is 3. The van der Waals surface area contributed by atoms with Gasteiger partial charge in [0.15, 0.2) is 19.1 Å². The lowest BCUT2D eigenvalue weighted by atomic mass is 10.1. The predicted molar refractivity (Wildman–Crippen MR) is 107 cm³/mol. The first-order valence-corrected chi connectivity index (χ1v) is 9.78. The number of aliphatic hydroxyl groups excluding tert-OH is 1. The predicted octanol–water partition coefficient (Wildman–Crippen LogP) is -0.730. The number of aromatic nitrogens is 3. The van der Waals surface area contributed by atoms with Crippen LogP contribution < -0.4 is 11.2 Å². The third-order valence-corrected chi connectivity index (χ3v) is 4.72. The van der Waals surface area contributed by atoms with Gasteiger partial charge in [0.1, 0.15) is 6.61 Å². The monoisotopic (exact) mass is 481 g/mol. The Labute approximate surface area is 190 Å². The first-order chi connectivity index (χ1) is 16.1. The molecule has 1 saturated heterocycles. The highest BCUT2D eigenvalue weighted by Crippen LogP contribution is 2.41. The maximum atomic E-state index is 15.3. The Kier molecular flexibility index (Phi) is 7.22. The van der Waals surface area contributed by atoms with Crippen LogP contribution in [0.25, 0.3) is 0 Å². The number of rotatable bonds is 7. The molecule has 0 aromatic carbocycles. The second kappa shape index (κ2) is 9.93. The van der Waals surface area contributed by atoms with Crippen LogP contribution in [0, 0.1) is 0 Å². The van der Waals surface area contributed by atoms with Crippen molar-refractivity contribution >= 4 is 17.9 Å². The summed E-state index contributed by atoms with van der Waals surface area (Å²) < 4.78 is 36.5. The van der Waals surface area contributed by atoms with Gasteiger partial charge < -0.3 is 24.1 Å². The third kappa shape index (κ3) is 5.02. The standard InChI is InChI=1S/C20H20FN3O10/c1-11(26)32-15-16(33-12(2)27)20(21,9-25)34-17(15)23-7-5-14(28)24(19(23)30)10-31-18(29)13-4-3-6-22-8-13/h3-8,15-17,25H,9-10H2,1-2H3/t15-,16+,17-,20-/m1/s1. The van der Waals surface area contributed by atoms with Gasteiger partial charge in [0.25, 0.3) is 11.4 Å². The summed E-state index contributed by atoms with van der Waals surface area (Å²) >= 11 is 0. The van der Waals surface area contributed by atoms with Gasteiger partial charge >= 0.3 is 23.6 Å². The largest absolute Gasteiger partial charge is 0.453 e. The topological polar surface area (TPSA) is 165 Å². The van der Waals surface area contributed by atoms with E-state index < -0.39 is 66.8 Å². The Morgan fingerprint density at radius 2 is 1.91 bits per heavy atom. The summed E-state index contributed by atoms with van der Waals surface area (Å²) in [6.07, 6.45) is -1.81. The zero-order chi connectivity index (χ0) is 25.0. The molecule has 0 radical (unpaired) electrons. The smallest absolute Gasteiger partial charge is 0.341 e. The molecule has 13 nitrogen and oxygen atoms in total. The summed E-state index contributed by atoms with van der Waals surface area (Å²) in [5, 5.41) is 9.51. The summed E-state index contributed by atoms with van der Waals surface area (Å²) in [6.45, 7) is -0.179. The summed E-state index contributed by atoms with van der Waals surface area (Å²) in [7, 11) is 0. The number of esters is 3. The molecule has 2 aromatic rings. The van der Waals surface area contributed by atoms with Crippen molar-refractivity contribution in [2.45, 2.75) is 44.9 Å². The van der Waals surface area contributed by atoms with E-state index in [-0.39, 0.29) is 5.56 Å². The summed E-state index contributed by atoms with van der Waals surface area (Å²) in [5.41, 5.74) is -1.93. The van der Waals surface area contributed by atoms with E-state index in [1.54, 1.807) is 0 Å². The molecule has 2 aromatic heterocycles. The van der Waals surface area contributed by atoms with Gasteiger partial charge in [0, 0.05) is 38.5 Å². The molecule has 14 heteroatoms. The van der Waals surface area contributed by atoms with E-state index >= 15 is 4.39 Å². The van der Waals surface area contributed by atoms with Crippen LogP contribution in [0.3, 0.4) is 0 Å². The second-order valence-corrected chi connectivity index (χ2v) is 7.13. The fourth-order valence-electron chi connectivity index (χ4n) is 3.25. The Balaban J connectivity index is 1.97. The van der Waals surface area contributed by atoms with Crippen LogP contribution in [-0.4, -0.2) is 61.8 Å². The van der Waals surface area contributed by atoms with Crippen molar-refractivity contribution in [3.63, 3.8) is 0 Å². The number of alkyl halides is 1. The number of hydrogen-bond acceptors (Lipinski definition) is 11. The van der Waals surface area contributed by atoms with Crippen molar-refractivity contribution in [2.24, 2.45) is 0 Å². The quantitative estimate of drug-likeness (QED) is 0.391. The number of aliphatic hydroxyl groups is 1. The molecule has 0 bridgehead atoms. The highest BCUT2D eigenvalue weighted by Gasteiger charge is 2.61. The molecule has 0 saturated carbocycles. The van der Waals surface area contributed by atoms with E-state index in [4.69, 9.17) is 18.9 Å². The first-order valence-electron chi connectivity index (χ1n) is 9.78. The zero-order valence-electron chi connectivity index (χ0n) is 18.0. The maximum Gasteiger partial charge on any atom is 0.341 e. The van der Waals surface area contributed by atoms with Gasteiger partial charge in [-0.15, -0.1) is 0 Å². The fourth-order valence-corrected chi connectivity index (χ4v) is 3.25. The molecule has 3 heterocycles. The number of hydrogen-bond donors (Lipinski definition) is 1. The van der Waals surface area contributed by atoms with Gasteiger partial charge in [0.2, 0.25) is 6.10 Å². The van der Waals surface area contributed by atoms with Crippen LogP contribution in [0.2, 0.25) is 0 Å². The molecule has 0 amide bonds. The highest BCUT2D eigenvalue weighted by atomic mass is 19.2. The van der Waals surface area contributed by atoms with Crippen LogP contribution in [0.5, 0.6) is 0 Å². The number of carbonyl (C=O) groups is 3. The Hall–Kier alpha value is -3.91. The zero-order valence-corrected chi connectivity index (χ0v) is 18.0. The molecular weight excluding hydrogens is 461 g/mol. The minimum Gasteiger partial charge on any atom is -0.453 e. The minimum absolute atomic E-state index is 0.0650. The Morgan fingerprint density at radius 3 is 2.50 bits per heavy atom. The van der Waals surface area contributed by atoms with Crippen molar-refractivity contribution < 1.29 is 42.8 Å². The number of carbonyl (C=O) groups excluding carboxylic acids is 3. The van der Waals surface area contributed by atoms with E-state index in [1.165, 1.54) is 24.5 Å². The number of ether oxygens (including phenoxy) is 4. The van der Waals surface area contributed by atoms with Gasteiger partial charge in [-0.25, -0.2) is 18.5 Å². The van der Waals surface area contributed by atoms with Crippen LogP contribution in [0.4, 0.5) is 4.39 Å². The molecule has 1 N–H and O–H groups in total. The molecule has 0 spiro atoms. The average molecular weight is 481 g/mol. The average Bonchev–Trinajstić information content (AvgIpc) is 3.05. The van der Waals surface area contributed by atoms with Crippen molar-refractivity contribution in [1.82, 2.24) is 14.1 Å². The molecule has 3 rings (SSSR count). The second-order valence-electron chi connectivity index (χ2n) is 7.13. The van der Waals surface area contributed by atoms with E-state index in [2.05, 4.69) is 4.98 Å². The molecule has 0 aliphatic carbocycles.